The monoisotopic (exact) mass is 688 g/mol. The first-order valence-corrected chi connectivity index (χ1v) is 16.8. The molecule has 0 radical (unpaired) electrons. The van der Waals surface area contributed by atoms with Gasteiger partial charge in [0.25, 0.3) is 0 Å². The number of nitrogens with zero attached hydrogens (tertiary/aromatic N) is 2. The molecule has 9 nitrogen and oxygen atoms in total. The summed E-state index contributed by atoms with van der Waals surface area (Å²) >= 11 is 5.95. The molecule has 2 aliphatic rings. The minimum absolute atomic E-state index is 0.0934. The lowest BCUT2D eigenvalue weighted by molar-refractivity contribution is -0.231. The van der Waals surface area contributed by atoms with Gasteiger partial charge in [-0.25, -0.2) is 4.39 Å². The van der Waals surface area contributed by atoms with E-state index in [2.05, 4.69) is 4.90 Å². The van der Waals surface area contributed by atoms with E-state index in [9.17, 15) is 35.0 Å². The molecule has 6 rings (SSSR count). The number of aromatic hydroxyl groups is 1. The van der Waals surface area contributed by atoms with Gasteiger partial charge in [-0.05, 0) is 84.1 Å². The first-order valence-electron chi connectivity index (χ1n) is 16.4. The predicted molar refractivity (Wildman–Crippen MR) is 187 cm³/mol. The Bertz CT molecular complexity index is 1730. The van der Waals surface area contributed by atoms with Gasteiger partial charge in [-0.3, -0.25) is 0 Å². The van der Waals surface area contributed by atoms with Crippen LogP contribution in [-0.2, 0) is 4.74 Å². The van der Waals surface area contributed by atoms with Gasteiger partial charge in [-0.2, -0.15) is 0 Å². The van der Waals surface area contributed by atoms with Gasteiger partial charge >= 0.3 is 0 Å². The predicted octanol–water partition coefficient (Wildman–Crippen LogP) is 4.76. The summed E-state index contributed by atoms with van der Waals surface area (Å²) in [5.41, 5.74) is 4.36. The fraction of sp³-hybridized carbons (Fsp3) is 0.342. The van der Waals surface area contributed by atoms with Gasteiger partial charge in [0.05, 0.1) is 24.8 Å². The molecule has 0 spiro atoms. The summed E-state index contributed by atoms with van der Waals surface area (Å²) in [7, 11) is 1.95. The summed E-state index contributed by atoms with van der Waals surface area (Å²) in [5, 5.41) is 63.4. The number of likely N-dealkylation sites (N-methyl/N-ethyl adjacent to an activating group) is 1. The molecule has 258 valence electrons. The summed E-state index contributed by atoms with van der Waals surface area (Å²) in [6.07, 6.45) is -5.16. The Labute approximate surface area is 290 Å². The van der Waals surface area contributed by atoms with Crippen molar-refractivity contribution < 1.29 is 39.8 Å². The quantitative estimate of drug-likeness (QED) is 0.129. The molecule has 4 aromatic carbocycles. The molecular weight excluding hydrogens is 647 g/mol. The number of anilines is 1. The lowest BCUT2D eigenvalue weighted by atomic mass is 9.89. The Kier molecular flexibility index (Phi) is 10.6. The van der Waals surface area contributed by atoms with Gasteiger partial charge in [0.15, 0.2) is 5.11 Å². The van der Waals surface area contributed by atoms with Crippen molar-refractivity contribution in [3.05, 3.63) is 120 Å². The number of phenols is 1. The van der Waals surface area contributed by atoms with Gasteiger partial charge in [-0.15, -0.1) is 0 Å². The third kappa shape index (κ3) is 7.06. The second-order valence-corrected chi connectivity index (χ2v) is 13.1. The van der Waals surface area contributed by atoms with Crippen molar-refractivity contribution >= 4 is 23.0 Å². The van der Waals surface area contributed by atoms with Crippen LogP contribution in [-0.4, -0.2) is 84.8 Å². The van der Waals surface area contributed by atoms with E-state index in [1.165, 1.54) is 12.1 Å². The Hall–Kier alpha value is -3.94. The Morgan fingerprint density at radius 3 is 2.18 bits per heavy atom. The maximum atomic E-state index is 13.4. The molecule has 2 fully saturated rings. The summed E-state index contributed by atoms with van der Waals surface area (Å²) in [4.78, 5) is 4.10. The highest BCUT2D eigenvalue weighted by atomic mass is 32.1. The molecule has 8 atom stereocenters. The molecule has 4 aromatic rings. The van der Waals surface area contributed by atoms with Crippen molar-refractivity contribution in [3.8, 4) is 16.9 Å². The number of ether oxygens (including phenoxy) is 1. The average Bonchev–Trinajstić information content (AvgIpc) is 3.36. The van der Waals surface area contributed by atoms with Crippen molar-refractivity contribution in [2.45, 2.75) is 68.0 Å². The van der Waals surface area contributed by atoms with Crippen LogP contribution < -0.4 is 4.90 Å². The molecule has 6 N–H and O–H groups in total. The van der Waals surface area contributed by atoms with Crippen molar-refractivity contribution in [3.63, 3.8) is 0 Å². The number of benzene rings is 4. The third-order valence-electron chi connectivity index (χ3n) is 9.73. The molecule has 0 bridgehead atoms. The maximum Gasteiger partial charge on any atom is 0.176 e. The van der Waals surface area contributed by atoms with E-state index in [0.717, 1.165) is 16.8 Å². The highest BCUT2D eigenvalue weighted by molar-refractivity contribution is 7.80. The van der Waals surface area contributed by atoms with Crippen LogP contribution in [0, 0.1) is 5.82 Å². The molecule has 1 unspecified atom stereocenters. The molecule has 49 heavy (non-hydrogen) atoms. The molecule has 2 heterocycles. The van der Waals surface area contributed by atoms with Crippen LogP contribution >= 0.6 is 12.2 Å². The van der Waals surface area contributed by atoms with Gasteiger partial charge < -0.3 is 45.2 Å². The van der Waals surface area contributed by atoms with Crippen molar-refractivity contribution in [1.82, 2.24) is 4.90 Å². The summed E-state index contributed by atoms with van der Waals surface area (Å²) in [6, 6.07) is 27.9. The van der Waals surface area contributed by atoms with E-state index >= 15 is 0 Å². The van der Waals surface area contributed by atoms with Crippen LogP contribution in [0.4, 0.5) is 10.1 Å². The van der Waals surface area contributed by atoms with Crippen LogP contribution in [0.1, 0.15) is 54.2 Å². The molecule has 0 saturated carbocycles. The zero-order valence-electron chi connectivity index (χ0n) is 27.0. The minimum atomic E-state index is -1.47. The van der Waals surface area contributed by atoms with Crippen LogP contribution in [0.15, 0.2) is 97.1 Å². The van der Waals surface area contributed by atoms with E-state index in [4.69, 9.17) is 17.0 Å². The second kappa shape index (κ2) is 14.9. The number of phenolic OH excluding ortho intramolecular Hbond substituents is 1. The largest absolute Gasteiger partial charge is 0.508 e. The fourth-order valence-electron chi connectivity index (χ4n) is 6.96. The Morgan fingerprint density at radius 1 is 0.857 bits per heavy atom. The second-order valence-electron chi connectivity index (χ2n) is 12.8. The maximum absolute atomic E-state index is 13.4. The van der Waals surface area contributed by atoms with Gasteiger partial charge in [0, 0.05) is 18.3 Å². The lowest BCUT2D eigenvalue weighted by Crippen LogP contribution is -2.55. The van der Waals surface area contributed by atoms with Crippen LogP contribution in [0.25, 0.3) is 11.1 Å². The first-order chi connectivity index (χ1) is 23.6. The zero-order valence-corrected chi connectivity index (χ0v) is 27.8. The fourth-order valence-corrected chi connectivity index (χ4v) is 7.31. The first kappa shape index (κ1) is 34.9. The smallest absolute Gasteiger partial charge is 0.176 e. The van der Waals surface area contributed by atoms with Crippen molar-refractivity contribution in [2.75, 3.05) is 18.6 Å². The summed E-state index contributed by atoms with van der Waals surface area (Å²) in [6.45, 7) is -0.507. The van der Waals surface area contributed by atoms with E-state index in [-0.39, 0.29) is 23.7 Å². The number of halogens is 1. The molecule has 0 aromatic heterocycles. The number of rotatable bonds is 10. The van der Waals surface area contributed by atoms with E-state index in [1.54, 1.807) is 30.3 Å². The molecule has 0 amide bonds. The SMILES string of the molecule is CN1C(=S)N(c2ccccc2)[C@H](c2ccc(-c3ccc([C@@H]4O[C@H](CO)[C@@H](O)[C@H](O)[C@H]4O)cc3)cc2O)[C@H]1CCCC(O)c1ccc(F)cc1. The number of thiocarbonyl (C=S) groups is 1. The van der Waals surface area contributed by atoms with Crippen LogP contribution in [0.5, 0.6) is 5.75 Å². The number of para-hydroxylation sites is 1. The molecule has 2 saturated heterocycles. The standard InChI is InChI=1S/C38H41FN2O7S/c1-40-29(8-5-9-30(43)23-14-17-26(39)18-15-23)33(41(38(40)49)27-6-3-2-4-7-27)28-19-16-25(20-31(28)44)22-10-12-24(13-11-22)37-36(47)35(46)34(45)32(21-42)48-37/h2-4,6-7,10-20,29-30,32-37,42-47H,5,8-9,21H2,1H3/t29-,30?,32-,33-,34-,35+,36-,37+/m1/s1. The van der Waals surface area contributed by atoms with Crippen LogP contribution in [0.2, 0.25) is 0 Å². The number of hydrogen-bond donors (Lipinski definition) is 6. The lowest BCUT2D eigenvalue weighted by Gasteiger charge is -2.40. The number of aliphatic hydroxyl groups excluding tert-OH is 5. The van der Waals surface area contributed by atoms with E-state index < -0.39 is 43.2 Å². The molecule has 0 aliphatic carbocycles. The minimum Gasteiger partial charge on any atom is -0.508 e. The normalized spacial score (nSPS) is 26.3. The molecular formula is C38H41FN2O7S. The van der Waals surface area contributed by atoms with E-state index in [0.29, 0.717) is 41.1 Å². The molecule has 11 heteroatoms. The Morgan fingerprint density at radius 2 is 1.53 bits per heavy atom. The topological polar surface area (TPSA) is 137 Å². The van der Waals surface area contributed by atoms with Crippen molar-refractivity contribution in [1.29, 1.82) is 0 Å². The zero-order chi connectivity index (χ0) is 34.8. The van der Waals surface area contributed by atoms with Gasteiger partial charge in [-0.1, -0.05) is 66.7 Å². The van der Waals surface area contributed by atoms with E-state index in [1.807, 2.05) is 66.5 Å². The van der Waals surface area contributed by atoms with Crippen molar-refractivity contribution in [2.24, 2.45) is 0 Å². The summed E-state index contributed by atoms with van der Waals surface area (Å²) in [5.74, 6) is -0.257. The van der Waals surface area contributed by atoms with Crippen LogP contribution in [0.3, 0.4) is 0 Å². The van der Waals surface area contributed by atoms with Gasteiger partial charge in [0.2, 0.25) is 0 Å². The Balaban J connectivity index is 1.25. The average molecular weight is 689 g/mol. The highest BCUT2D eigenvalue weighted by Gasteiger charge is 2.45. The molecule has 2 aliphatic heterocycles. The third-order valence-corrected chi connectivity index (χ3v) is 10.2. The number of hydrogen-bond acceptors (Lipinski definition) is 8. The van der Waals surface area contributed by atoms with Gasteiger partial charge in [0.1, 0.15) is 42.1 Å². The summed E-state index contributed by atoms with van der Waals surface area (Å²) < 4.78 is 19.1. The highest BCUT2D eigenvalue weighted by Crippen LogP contribution is 2.44. The number of aliphatic hydroxyl groups is 5.